The van der Waals surface area contributed by atoms with E-state index in [1.165, 1.54) is 21.6 Å². The molecule has 110 valence electrons. The summed E-state index contributed by atoms with van der Waals surface area (Å²) in [6.07, 6.45) is 2.06. The maximum Gasteiger partial charge on any atom is 0.251 e. The maximum absolute atomic E-state index is 12.3. The van der Waals surface area contributed by atoms with Gasteiger partial charge >= 0.3 is 0 Å². The van der Waals surface area contributed by atoms with Crippen LogP contribution in [0.5, 0.6) is 0 Å². The minimum Gasteiger partial charge on any atom is -0.347 e. The van der Waals surface area contributed by atoms with E-state index in [-0.39, 0.29) is 5.91 Å². The van der Waals surface area contributed by atoms with Crippen LogP contribution in [-0.4, -0.2) is 12.5 Å². The summed E-state index contributed by atoms with van der Waals surface area (Å²) in [5, 5.41) is 8.47. The Morgan fingerprint density at radius 2 is 2.24 bits per heavy atom. The number of fused-ring (bicyclic) bond motifs is 1. The van der Waals surface area contributed by atoms with E-state index in [9.17, 15) is 4.79 Å². The molecular formula is C17H20N2OS. The van der Waals surface area contributed by atoms with Crippen LogP contribution in [-0.2, 0) is 25.9 Å². The lowest BCUT2D eigenvalue weighted by Crippen LogP contribution is -2.26. The highest BCUT2D eigenvalue weighted by Crippen LogP contribution is 2.18. The molecule has 1 aliphatic rings. The van der Waals surface area contributed by atoms with Crippen molar-refractivity contribution in [2.24, 2.45) is 0 Å². The maximum atomic E-state index is 12.3. The molecule has 0 radical (unpaired) electrons. The summed E-state index contributed by atoms with van der Waals surface area (Å²) in [7, 11) is 0. The van der Waals surface area contributed by atoms with E-state index < -0.39 is 0 Å². The van der Waals surface area contributed by atoms with Gasteiger partial charge < -0.3 is 10.6 Å². The highest BCUT2D eigenvalue weighted by Gasteiger charge is 2.13. The van der Waals surface area contributed by atoms with Crippen LogP contribution in [0.15, 0.2) is 29.6 Å². The standard InChI is InChI=1S/C17H20N2OS/c1-2-12-6-8-21-16(12)11-19-17(20)14-4-3-13-5-7-18-10-15(13)9-14/h3-4,6,8-9,18H,2,5,7,10-11H2,1H3,(H,19,20). The number of thiophene rings is 1. The summed E-state index contributed by atoms with van der Waals surface area (Å²) in [5.41, 5.74) is 4.69. The number of carbonyl (C=O) groups is 1. The SMILES string of the molecule is CCc1ccsc1CNC(=O)c1ccc2c(c1)CNCC2. The number of amides is 1. The lowest BCUT2D eigenvalue weighted by atomic mass is 9.98. The van der Waals surface area contributed by atoms with Crippen LogP contribution < -0.4 is 10.6 Å². The summed E-state index contributed by atoms with van der Waals surface area (Å²) in [6, 6.07) is 8.19. The number of aryl methyl sites for hydroxylation is 1. The Balaban J connectivity index is 1.68. The molecule has 1 aromatic heterocycles. The van der Waals surface area contributed by atoms with Crippen molar-refractivity contribution in [2.75, 3.05) is 6.54 Å². The highest BCUT2D eigenvalue weighted by atomic mass is 32.1. The molecule has 2 heterocycles. The molecular weight excluding hydrogens is 280 g/mol. The molecule has 0 saturated heterocycles. The molecule has 0 fully saturated rings. The lowest BCUT2D eigenvalue weighted by Gasteiger charge is -2.17. The molecule has 0 atom stereocenters. The Kier molecular flexibility index (Phi) is 4.36. The molecule has 3 nitrogen and oxygen atoms in total. The third-order valence-electron chi connectivity index (χ3n) is 3.98. The molecule has 0 unspecified atom stereocenters. The van der Waals surface area contributed by atoms with Gasteiger partial charge in [0.05, 0.1) is 6.54 Å². The second kappa shape index (κ2) is 6.41. The van der Waals surface area contributed by atoms with E-state index in [0.717, 1.165) is 31.5 Å². The Morgan fingerprint density at radius 1 is 1.33 bits per heavy atom. The molecule has 2 aromatic rings. The van der Waals surface area contributed by atoms with E-state index in [0.29, 0.717) is 6.54 Å². The van der Waals surface area contributed by atoms with E-state index in [1.807, 2.05) is 12.1 Å². The van der Waals surface area contributed by atoms with E-state index in [4.69, 9.17) is 0 Å². The van der Waals surface area contributed by atoms with Crippen molar-refractivity contribution in [1.29, 1.82) is 0 Å². The lowest BCUT2D eigenvalue weighted by molar-refractivity contribution is 0.0951. The molecule has 2 N–H and O–H groups in total. The number of benzene rings is 1. The number of carbonyl (C=O) groups excluding carboxylic acids is 1. The number of rotatable bonds is 4. The Hall–Kier alpha value is -1.65. The van der Waals surface area contributed by atoms with Crippen molar-refractivity contribution in [1.82, 2.24) is 10.6 Å². The van der Waals surface area contributed by atoms with Crippen molar-refractivity contribution in [3.8, 4) is 0 Å². The molecule has 0 bridgehead atoms. The molecule has 0 spiro atoms. The first-order valence-electron chi connectivity index (χ1n) is 7.44. The van der Waals surface area contributed by atoms with Crippen LogP contribution in [0.1, 0.15) is 38.8 Å². The zero-order chi connectivity index (χ0) is 14.7. The molecule has 3 rings (SSSR count). The fourth-order valence-electron chi connectivity index (χ4n) is 2.72. The van der Waals surface area contributed by atoms with Gasteiger partial charge in [-0.1, -0.05) is 13.0 Å². The van der Waals surface area contributed by atoms with Crippen molar-refractivity contribution < 1.29 is 4.79 Å². The third kappa shape index (κ3) is 3.17. The summed E-state index contributed by atoms with van der Waals surface area (Å²) in [6.45, 7) is 4.65. The normalized spacial score (nSPS) is 13.8. The van der Waals surface area contributed by atoms with Crippen molar-refractivity contribution in [2.45, 2.75) is 32.9 Å². The first-order chi connectivity index (χ1) is 10.3. The smallest absolute Gasteiger partial charge is 0.251 e. The number of hydrogen-bond acceptors (Lipinski definition) is 3. The Labute approximate surface area is 129 Å². The topological polar surface area (TPSA) is 41.1 Å². The van der Waals surface area contributed by atoms with E-state index in [2.05, 4.69) is 35.1 Å². The third-order valence-corrected chi connectivity index (χ3v) is 4.95. The van der Waals surface area contributed by atoms with E-state index in [1.54, 1.807) is 11.3 Å². The molecule has 1 aliphatic heterocycles. The van der Waals surface area contributed by atoms with Crippen LogP contribution in [0.3, 0.4) is 0 Å². The summed E-state index contributed by atoms with van der Waals surface area (Å²) in [5.74, 6) is 0.0128. The molecule has 1 amide bonds. The molecule has 0 saturated carbocycles. The van der Waals surface area contributed by atoms with Crippen LogP contribution in [0.2, 0.25) is 0 Å². The molecule has 21 heavy (non-hydrogen) atoms. The van der Waals surface area contributed by atoms with Gasteiger partial charge in [-0.15, -0.1) is 11.3 Å². The van der Waals surface area contributed by atoms with Gasteiger partial charge in [-0.3, -0.25) is 4.79 Å². The van der Waals surface area contributed by atoms with E-state index >= 15 is 0 Å². The Morgan fingerprint density at radius 3 is 3.10 bits per heavy atom. The average Bonchev–Trinajstić information content (AvgIpc) is 2.99. The van der Waals surface area contributed by atoms with Crippen LogP contribution in [0.4, 0.5) is 0 Å². The molecule has 0 aliphatic carbocycles. The Bertz CT molecular complexity index is 648. The van der Waals surface area contributed by atoms with Crippen LogP contribution >= 0.6 is 11.3 Å². The fraction of sp³-hybridized carbons (Fsp3) is 0.353. The first-order valence-corrected chi connectivity index (χ1v) is 8.32. The van der Waals surface area contributed by atoms with Crippen LogP contribution in [0, 0.1) is 0 Å². The predicted molar refractivity (Wildman–Crippen MR) is 86.7 cm³/mol. The van der Waals surface area contributed by atoms with Crippen molar-refractivity contribution in [3.63, 3.8) is 0 Å². The highest BCUT2D eigenvalue weighted by molar-refractivity contribution is 7.10. The minimum absolute atomic E-state index is 0.0128. The second-order valence-corrected chi connectivity index (χ2v) is 6.32. The van der Waals surface area contributed by atoms with Gasteiger partial charge in [0.25, 0.3) is 5.91 Å². The monoisotopic (exact) mass is 300 g/mol. The summed E-state index contributed by atoms with van der Waals surface area (Å²) in [4.78, 5) is 13.6. The zero-order valence-corrected chi connectivity index (χ0v) is 13.1. The van der Waals surface area contributed by atoms with Crippen molar-refractivity contribution in [3.05, 3.63) is 56.8 Å². The number of nitrogens with one attached hydrogen (secondary N) is 2. The van der Waals surface area contributed by atoms with Gasteiger partial charge in [-0.2, -0.15) is 0 Å². The van der Waals surface area contributed by atoms with Gasteiger partial charge in [-0.25, -0.2) is 0 Å². The van der Waals surface area contributed by atoms with Gasteiger partial charge in [0.15, 0.2) is 0 Å². The molecule has 1 aromatic carbocycles. The van der Waals surface area contributed by atoms with Gasteiger partial charge in [0.1, 0.15) is 0 Å². The van der Waals surface area contributed by atoms with Crippen molar-refractivity contribution >= 4 is 17.2 Å². The van der Waals surface area contributed by atoms with Gasteiger partial charge in [-0.05, 0) is 59.7 Å². The second-order valence-electron chi connectivity index (χ2n) is 5.32. The number of hydrogen-bond donors (Lipinski definition) is 2. The zero-order valence-electron chi connectivity index (χ0n) is 12.2. The predicted octanol–water partition coefficient (Wildman–Crippen LogP) is 2.89. The average molecular weight is 300 g/mol. The molecule has 4 heteroatoms. The summed E-state index contributed by atoms with van der Waals surface area (Å²) >= 11 is 1.71. The quantitative estimate of drug-likeness (QED) is 0.911. The first kappa shape index (κ1) is 14.3. The van der Waals surface area contributed by atoms with Gasteiger partial charge in [0, 0.05) is 17.0 Å². The summed E-state index contributed by atoms with van der Waals surface area (Å²) < 4.78 is 0. The van der Waals surface area contributed by atoms with Gasteiger partial charge in [0.2, 0.25) is 0 Å². The van der Waals surface area contributed by atoms with Crippen LogP contribution in [0.25, 0.3) is 0 Å². The minimum atomic E-state index is 0.0128. The largest absolute Gasteiger partial charge is 0.347 e. The fourth-order valence-corrected chi connectivity index (χ4v) is 3.64.